The average Bonchev–Trinajstić information content (AvgIpc) is 3.03. The summed E-state index contributed by atoms with van der Waals surface area (Å²) in [7, 11) is 4.01. The van der Waals surface area contributed by atoms with Crippen LogP contribution in [0.1, 0.15) is 24.5 Å². The lowest BCUT2D eigenvalue weighted by atomic mass is 9.50. The van der Waals surface area contributed by atoms with Crippen molar-refractivity contribution in [3.63, 3.8) is 0 Å². The van der Waals surface area contributed by atoms with Crippen molar-refractivity contribution in [2.45, 2.75) is 18.9 Å². The Hall–Kier alpha value is -4.91. The first kappa shape index (κ1) is 34.0. The molecule has 1 N–H and O–H groups in total. The second kappa shape index (κ2) is 13.6. The van der Waals surface area contributed by atoms with E-state index in [0.29, 0.717) is 0 Å². The monoisotopic (exact) mass is 642 g/mol. The molecule has 0 amide bonds. The van der Waals surface area contributed by atoms with Gasteiger partial charge in [-0.3, -0.25) is 14.4 Å². The minimum Gasteiger partial charge on any atom is -0.469 e. The van der Waals surface area contributed by atoms with E-state index in [0.717, 1.165) is 52.7 Å². The van der Waals surface area contributed by atoms with Crippen LogP contribution >= 0.6 is 0 Å². The van der Waals surface area contributed by atoms with Gasteiger partial charge in [0.25, 0.3) is 0 Å². The number of esters is 5. The zero-order chi connectivity index (χ0) is 33.9. The summed E-state index contributed by atoms with van der Waals surface area (Å²) in [5, 5.41) is 12.5. The summed E-state index contributed by atoms with van der Waals surface area (Å²) in [5.74, 6) is -16.1. The maximum Gasteiger partial charge on any atom is 0.343 e. The largest absolute Gasteiger partial charge is 0.469 e. The highest BCUT2D eigenvalue weighted by molar-refractivity contribution is 6.22. The smallest absolute Gasteiger partial charge is 0.343 e. The number of methoxy groups -OCH3 is 4. The minimum absolute atomic E-state index is 0.122. The van der Waals surface area contributed by atoms with E-state index in [4.69, 9.17) is 23.7 Å². The molecule has 46 heavy (non-hydrogen) atoms. The Balaban J connectivity index is 2.03. The molecule has 2 aromatic rings. The second-order valence-electron chi connectivity index (χ2n) is 10.9. The number of halogens is 2. The van der Waals surface area contributed by atoms with E-state index in [9.17, 15) is 37.9 Å². The molecule has 2 aliphatic rings. The molecular formula is C33H32F2O11. The number of benzene rings is 2. The summed E-state index contributed by atoms with van der Waals surface area (Å²) < 4.78 is 55.0. The summed E-state index contributed by atoms with van der Waals surface area (Å²) >= 11 is 0. The molecule has 2 bridgehead atoms. The molecule has 2 aromatic carbocycles. The number of aliphatic hydroxyl groups is 1. The number of carbonyl (C=O) groups is 5. The van der Waals surface area contributed by atoms with E-state index in [1.165, 1.54) is 12.1 Å². The SMILES string of the molecule is COC(=O)C1=C(OC(=O)/C(=C/c2c(F)cccc2F)c2ccccc2)C(C(=O)OC)[C@@]2(O)[C@@H](C(=O)OC)[C@H](C)C[C@@H]1[C@@H]2C(=O)OC. The molecule has 0 aliphatic heterocycles. The molecule has 6 atom stereocenters. The van der Waals surface area contributed by atoms with Crippen molar-refractivity contribution in [1.82, 2.24) is 0 Å². The number of rotatable bonds is 8. The van der Waals surface area contributed by atoms with Gasteiger partial charge >= 0.3 is 29.8 Å². The highest BCUT2D eigenvalue weighted by atomic mass is 19.1. The van der Waals surface area contributed by atoms with Gasteiger partial charge in [-0.2, -0.15) is 0 Å². The fraction of sp³-hybridized carbons (Fsp3) is 0.364. The number of fused-ring (bicyclic) bond motifs is 2. The van der Waals surface area contributed by atoms with Gasteiger partial charge in [-0.15, -0.1) is 0 Å². The van der Waals surface area contributed by atoms with Crippen molar-refractivity contribution in [2.75, 3.05) is 28.4 Å². The molecule has 0 radical (unpaired) electrons. The predicted octanol–water partition coefficient (Wildman–Crippen LogP) is 3.24. The number of carbonyl (C=O) groups excluding carboxylic acids is 5. The van der Waals surface area contributed by atoms with E-state index >= 15 is 0 Å². The van der Waals surface area contributed by atoms with E-state index < -0.39 is 99.1 Å². The van der Waals surface area contributed by atoms with Crippen molar-refractivity contribution < 1.29 is 61.5 Å². The number of ether oxygens (including phenoxy) is 5. The first-order chi connectivity index (χ1) is 21.9. The quantitative estimate of drug-likeness (QED) is 0.196. The van der Waals surface area contributed by atoms with Crippen LogP contribution in [0.5, 0.6) is 0 Å². The van der Waals surface area contributed by atoms with Crippen molar-refractivity contribution in [3.8, 4) is 0 Å². The Kier molecular flexibility index (Phi) is 10.1. The van der Waals surface area contributed by atoms with Gasteiger partial charge < -0.3 is 28.8 Å². The number of hydrogen-bond donors (Lipinski definition) is 1. The normalized spacial score (nSPS) is 25.7. The maximum atomic E-state index is 14.7. The minimum atomic E-state index is -2.71. The van der Waals surface area contributed by atoms with Crippen LogP contribution in [0.4, 0.5) is 8.78 Å². The maximum absolute atomic E-state index is 14.7. The van der Waals surface area contributed by atoms with Crippen LogP contribution in [0.3, 0.4) is 0 Å². The van der Waals surface area contributed by atoms with E-state index in [1.54, 1.807) is 25.1 Å². The fourth-order valence-electron chi connectivity index (χ4n) is 6.58. The molecule has 0 spiro atoms. The van der Waals surface area contributed by atoms with Crippen molar-refractivity contribution >= 4 is 41.5 Å². The first-order valence-corrected chi connectivity index (χ1v) is 14.1. The third-order valence-corrected chi connectivity index (χ3v) is 8.50. The molecule has 11 nitrogen and oxygen atoms in total. The van der Waals surface area contributed by atoms with Gasteiger partial charge in [0.2, 0.25) is 0 Å². The van der Waals surface area contributed by atoms with Gasteiger partial charge in [0, 0.05) is 11.5 Å². The third kappa shape index (κ3) is 5.78. The molecule has 1 fully saturated rings. The zero-order valence-corrected chi connectivity index (χ0v) is 25.6. The molecule has 0 saturated heterocycles. The Morgan fingerprint density at radius 1 is 0.804 bits per heavy atom. The van der Waals surface area contributed by atoms with Gasteiger partial charge in [-0.1, -0.05) is 43.3 Å². The standard InChI is InChI=1S/C33H32F2O11/c1-16-14-20-23(29(37)42-2)27(26(32(40)45-5)33(41,24(16)30(38)43-3)25(20)31(39)44-4)46-28(36)18(17-10-7-6-8-11-17)15-19-21(34)12-9-13-22(19)35/h6-13,15-16,20,24-26,41H,14H2,1-5H3/b18-15+/t16-,20+,24-,25-,26?,33-/m1/s1. The van der Waals surface area contributed by atoms with Crippen LogP contribution in [0.25, 0.3) is 11.6 Å². The summed E-state index contributed by atoms with van der Waals surface area (Å²) in [6.07, 6.45) is 0.770. The van der Waals surface area contributed by atoms with Crippen LogP contribution in [0.15, 0.2) is 59.9 Å². The Labute approximate surface area is 262 Å². The fourth-order valence-corrected chi connectivity index (χ4v) is 6.58. The second-order valence-corrected chi connectivity index (χ2v) is 10.9. The topological polar surface area (TPSA) is 152 Å². The van der Waals surface area contributed by atoms with Crippen LogP contribution < -0.4 is 0 Å². The Morgan fingerprint density at radius 3 is 1.91 bits per heavy atom. The predicted molar refractivity (Wildman–Crippen MR) is 155 cm³/mol. The first-order valence-electron chi connectivity index (χ1n) is 14.1. The average molecular weight is 643 g/mol. The van der Waals surface area contributed by atoms with Crippen molar-refractivity contribution in [1.29, 1.82) is 0 Å². The molecule has 0 aromatic heterocycles. The molecule has 4 rings (SSSR count). The molecule has 0 heterocycles. The van der Waals surface area contributed by atoms with Gasteiger partial charge in [-0.25, -0.2) is 18.4 Å². The Morgan fingerprint density at radius 2 is 1.37 bits per heavy atom. The summed E-state index contributed by atoms with van der Waals surface area (Å²) in [6.45, 7) is 1.55. The van der Waals surface area contributed by atoms with Gasteiger partial charge in [0.05, 0.1) is 51.4 Å². The lowest BCUT2D eigenvalue weighted by Gasteiger charge is -2.55. The molecular weight excluding hydrogens is 610 g/mol. The highest BCUT2D eigenvalue weighted by Crippen LogP contribution is 2.58. The van der Waals surface area contributed by atoms with Crippen LogP contribution in [-0.2, 0) is 47.7 Å². The van der Waals surface area contributed by atoms with Gasteiger partial charge in [0.1, 0.15) is 28.9 Å². The molecule has 1 unspecified atom stereocenters. The zero-order valence-electron chi connectivity index (χ0n) is 25.6. The van der Waals surface area contributed by atoms with E-state index in [2.05, 4.69) is 0 Å². The third-order valence-electron chi connectivity index (χ3n) is 8.50. The van der Waals surface area contributed by atoms with Crippen molar-refractivity contribution in [2.24, 2.45) is 29.6 Å². The molecule has 2 aliphatic carbocycles. The van der Waals surface area contributed by atoms with Gasteiger partial charge in [-0.05, 0) is 36.1 Å². The van der Waals surface area contributed by atoms with Gasteiger partial charge in [0.15, 0.2) is 0 Å². The van der Waals surface area contributed by atoms with E-state index in [-0.39, 0.29) is 12.0 Å². The van der Waals surface area contributed by atoms with E-state index in [1.807, 2.05) is 0 Å². The van der Waals surface area contributed by atoms with Crippen LogP contribution in [-0.4, -0.2) is 69.0 Å². The lowest BCUT2D eigenvalue weighted by molar-refractivity contribution is -0.212. The van der Waals surface area contributed by atoms with Crippen LogP contribution in [0.2, 0.25) is 0 Å². The molecule has 244 valence electrons. The highest BCUT2D eigenvalue weighted by Gasteiger charge is 2.71. The number of hydrogen-bond acceptors (Lipinski definition) is 11. The summed E-state index contributed by atoms with van der Waals surface area (Å²) in [4.78, 5) is 67.5. The molecule has 13 heteroatoms. The Bertz CT molecular complexity index is 1600. The van der Waals surface area contributed by atoms with Crippen molar-refractivity contribution in [3.05, 3.63) is 82.6 Å². The summed E-state index contributed by atoms with van der Waals surface area (Å²) in [6, 6.07) is 10.7. The molecule has 1 saturated carbocycles. The lowest BCUT2D eigenvalue weighted by Crippen LogP contribution is -2.68. The van der Waals surface area contributed by atoms with Crippen LogP contribution in [0, 0.1) is 41.2 Å². The summed E-state index contributed by atoms with van der Waals surface area (Å²) in [5.41, 5.74) is -4.04.